The summed E-state index contributed by atoms with van der Waals surface area (Å²) in [5, 5.41) is 2.53. The number of esters is 1. The van der Waals surface area contributed by atoms with Crippen LogP contribution in [-0.2, 0) is 20.7 Å². The van der Waals surface area contributed by atoms with Gasteiger partial charge in [-0.2, -0.15) is 8.78 Å². The molecule has 2 aromatic carbocycles. The predicted molar refractivity (Wildman–Crippen MR) is 101 cm³/mol. The molecule has 0 aliphatic rings. The van der Waals surface area contributed by atoms with Crippen molar-refractivity contribution in [2.45, 2.75) is 30.0 Å². The summed E-state index contributed by atoms with van der Waals surface area (Å²) in [6.45, 7) is 0.739. The Balaban J connectivity index is 1.93. The molecule has 0 unspecified atom stereocenters. The second kappa shape index (κ2) is 10.6. The van der Waals surface area contributed by atoms with E-state index in [2.05, 4.69) is 5.32 Å². The number of ketones is 1. The van der Waals surface area contributed by atoms with Crippen molar-refractivity contribution in [2.75, 3.05) is 6.61 Å². The van der Waals surface area contributed by atoms with Crippen molar-refractivity contribution in [2.24, 2.45) is 0 Å². The molecule has 0 heterocycles. The average molecular weight is 407 g/mol. The van der Waals surface area contributed by atoms with Crippen molar-refractivity contribution in [3.63, 3.8) is 0 Å². The largest absolute Gasteiger partial charge is 0.452 e. The summed E-state index contributed by atoms with van der Waals surface area (Å²) in [6, 6.07) is 14.2. The first-order valence-electron chi connectivity index (χ1n) is 8.41. The molecule has 1 atom stereocenters. The lowest BCUT2D eigenvalue weighted by molar-refractivity contribution is -0.128. The Morgan fingerprint density at radius 1 is 1.04 bits per heavy atom. The van der Waals surface area contributed by atoms with Gasteiger partial charge in [-0.3, -0.25) is 9.59 Å². The molecule has 8 heteroatoms. The number of amides is 1. The van der Waals surface area contributed by atoms with E-state index in [1.54, 1.807) is 0 Å². The van der Waals surface area contributed by atoms with Gasteiger partial charge in [0, 0.05) is 4.90 Å². The summed E-state index contributed by atoms with van der Waals surface area (Å²) in [6.07, 6.45) is 0.309. The molecule has 0 bridgehead atoms. The number of ether oxygens (including phenoxy) is 1. The van der Waals surface area contributed by atoms with Crippen molar-refractivity contribution in [3.8, 4) is 0 Å². The van der Waals surface area contributed by atoms with Crippen LogP contribution in [-0.4, -0.2) is 36.1 Å². The number of halogens is 2. The van der Waals surface area contributed by atoms with E-state index in [0.29, 0.717) is 6.42 Å². The fourth-order valence-electron chi connectivity index (χ4n) is 2.43. The molecule has 2 aromatic rings. The number of nitrogens with one attached hydrogen (secondary N) is 1. The Bertz CT molecular complexity index is 830. The lowest BCUT2D eigenvalue weighted by atomic mass is 10.0. The SMILES string of the molecule is CC(=O)[C@H](Cc1ccccc1)NC(=O)COC(=O)c1ccccc1SC(F)F. The quantitative estimate of drug-likeness (QED) is 0.509. The Morgan fingerprint density at radius 2 is 1.68 bits per heavy atom. The molecule has 0 aliphatic carbocycles. The van der Waals surface area contributed by atoms with Gasteiger partial charge in [-0.1, -0.05) is 54.2 Å². The molecule has 0 saturated carbocycles. The molecular weight excluding hydrogens is 388 g/mol. The summed E-state index contributed by atoms with van der Waals surface area (Å²) in [5.74, 6) is -4.46. The fraction of sp³-hybridized carbons (Fsp3) is 0.250. The van der Waals surface area contributed by atoms with Gasteiger partial charge in [0.05, 0.1) is 11.6 Å². The third kappa shape index (κ3) is 6.77. The van der Waals surface area contributed by atoms with Crippen LogP contribution in [0.25, 0.3) is 0 Å². The first-order chi connectivity index (χ1) is 13.4. The van der Waals surface area contributed by atoms with Gasteiger partial charge in [0.2, 0.25) is 0 Å². The summed E-state index contributed by atoms with van der Waals surface area (Å²) >= 11 is 0.224. The molecule has 0 radical (unpaired) electrons. The lowest BCUT2D eigenvalue weighted by Crippen LogP contribution is -2.43. The minimum absolute atomic E-state index is 0.0481. The van der Waals surface area contributed by atoms with Crippen LogP contribution in [0.1, 0.15) is 22.8 Å². The van der Waals surface area contributed by atoms with Crippen molar-refractivity contribution in [1.82, 2.24) is 5.32 Å². The van der Waals surface area contributed by atoms with Crippen LogP contribution in [0.4, 0.5) is 8.78 Å². The zero-order valence-electron chi connectivity index (χ0n) is 15.1. The van der Waals surface area contributed by atoms with Gasteiger partial charge < -0.3 is 10.1 Å². The van der Waals surface area contributed by atoms with Crippen LogP contribution in [0.15, 0.2) is 59.5 Å². The summed E-state index contributed by atoms with van der Waals surface area (Å²) < 4.78 is 30.1. The third-order valence-electron chi connectivity index (χ3n) is 3.77. The Hall–Kier alpha value is -2.74. The number of Topliss-reactive ketones (excluding diaryl/α,β-unsaturated/α-hetero) is 1. The van der Waals surface area contributed by atoms with Crippen LogP contribution in [0.2, 0.25) is 0 Å². The maximum atomic E-state index is 12.6. The maximum Gasteiger partial charge on any atom is 0.339 e. The molecule has 0 aliphatic heterocycles. The van der Waals surface area contributed by atoms with Gasteiger partial charge in [0.15, 0.2) is 12.4 Å². The minimum Gasteiger partial charge on any atom is -0.452 e. The first-order valence-corrected chi connectivity index (χ1v) is 9.29. The fourth-order valence-corrected chi connectivity index (χ4v) is 3.05. The van der Waals surface area contributed by atoms with E-state index in [9.17, 15) is 23.2 Å². The van der Waals surface area contributed by atoms with Gasteiger partial charge in [0.25, 0.3) is 11.7 Å². The maximum absolute atomic E-state index is 12.6. The van der Waals surface area contributed by atoms with E-state index in [-0.39, 0.29) is 28.0 Å². The summed E-state index contributed by atoms with van der Waals surface area (Å²) in [5.41, 5.74) is 0.825. The van der Waals surface area contributed by atoms with E-state index in [4.69, 9.17) is 4.74 Å². The number of carbonyl (C=O) groups is 3. The highest BCUT2D eigenvalue weighted by Crippen LogP contribution is 2.28. The number of hydrogen-bond donors (Lipinski definition) is 1. The number of thioether (sulfide) groups is 1. The Morgan fingerprint density at radius 3 is 2.32 bits per heavy atom. The zero-order chi connectivity index (χ0) is 20.5. The highest BCUT2D eigenvalue weighted by molar-refractivity contribution is 7.99. The predicted octanol–water partition coefficient (Wildman–Crippen LogP) is 3.47. The molecule has 1 N–H and O–H groups in total. The van der Waals surface area contributed by atoms with Crippen molar-refractivity contribution < 1.29 is 27.9 Å². The molecular formula is C20H19F2NO4S. The van der Waals surface area contributed by atoms with Crippen LogP contribution < -0.4 is 5.32 Å². The highest BCUT2D eigenvalue weighted by atomic mass is 32.2. The van der Waals surface area contributed by atoms with Gasteiger partial charge in [-0.25, -0.2) is 4.79 Å². The van der Waals surface area contributed by atoms with Gasteiger partial charge in [0.1, 0.15) is 0 Å². The lowest BCUT2D eigenvalue weighted by Gasteiger charge is -2.16. The van der Waals surface area contributed by atoms with Crippen LogP contribution in [0.5, 0.6) is 0 Å². The van der Waals surface area contributed by atoms with Crippen molar-refractivity contribution in [1.29, 1.82) is 0 Å². The Kier molecular flexibility index (Phi) is 8.13. The van der Waals surface area contributed by atoms with E-state index < -0.39 is 30.3 Å². The van der Waals surface area contributed by atoms with E-state index in [1.165, 1.54) is 31.2 Å². The van der Waals surface area contributed by atoms with E-state index in [1.807, 2.05) is 30.3 Å². The van der Waals surface area contributed by atoms with E-state index >= 15 is 0 Å². The third-order valence-corrected chi connectivity index (χ3v) is 4.55. The highest BCUT2D eigenvalue weighted by Gasteiger charge is 2.20. The average Bonchev–Trinajstić information content (AvgIpc) is 2.66. The second-order valence-corrected chi connectivity index (χ2v) is 6.90. The summed E-state index contributed by atoms with van der Waals surface area (Å²) in [7, 11) is 0. The molecule has 0 fully saturated rings. The molecule has 0 saturated heterocycles. The van der Waals surface area contributed by atoms with Crippen molar-refractivity contribution >= 4 is 29.4 Å². The Labute approximate surface area is 165 Å². The van der Waals surface area contributed by atoms with Crippen LogP contribution in [0.3, 0.4) is 0 Å². The molecule has 5 nitrogen and oxygen atoms in total. The molecule has 0 spiro atoms. The van der Waals surface area contributed by atoms with Crippen LogP contribution in [0, 0.1) is 0 Å². The minimum atomic E-state index is -2.69. The molecule has 1 amide bonds. The molecule has 148 valence electrons. The number of benzene rings is 2. The normalized spacial score (nSPS) is 11.7. The van der Waals surface area contributed by atoms with Gasteiger partial charge in [-0.05, 0) is 31.0 Å². The number of alkyl halides is 2. The topological polar surface area (TPSA) is 72.5 Å². The number of hydrogen-bond acceptors (Lipinski definition) is 5. The molecule has 0 aromatic heterocycles. The van der Waals surface area contributed by atoms with E-state index in [0.717, 1.165) is 5.56 Å². The molecule has 28 heavy (non-hydrogen) atoms. The second-order valence-electron chi connectivity index (χ2n) is 5.87. The smallest absolute Gasteiger partial charge is 0.339 e. The standard InChI is InChI=1S/C20H19F2NO4S/c1-13(24)16(11-14-7-3-2-4-8-14)23-18(25)12-27-19(26)15-9-5-6-10-17(15)28-20(21)22/h2-10,16,20H,11-12H2,1H3,(H,23,25)/t16-/m0/s1. The van der Waals surface area contributed by atoms with Gasteiger partial charge in [-0.15, -0.1) is 0 Å². The monoisotopic (exact) mass is 407 g/mol. The molecule has 2 rings (SSSR count). The number of carbonyl (C=O) groups excluding carboxylic acids is 3. The first kappa shape index (κ1) is 21.6. The van der Waals surface area contributed by atoms with Gasteiger partial charge >= 0.3 is 5.97 Å². The zero-order valence-corrected chi connectivity index (χ0v) is 15.9. The summed E-state index contributed by atoms with van der Waals surface area (Å²) in [4.78, 5) is 36.1. The van der Waals surface area contributed by atoms with Crippen molar-refractivity contribution in [3.05, 3.63) is 65.7 Å². The van der Waals surface area contributed by atoms with Crippen LogP contribution >= 0.6 is 11.8 Å². The number of rotatable bonds is 9.